The molecule has 1 aromatic carbocycles. The number of sulfonamides is 1. The summed E-state index contributed by atoms with van der Waals surface area (Å²) in [6.45, 7) is 5.56. The van der Waals surface area contributed by atoms with Crippen molar-refractivity contribution in [1.29, 1.82) is 0 Å². The first kappa shape index (κ1) is 20.3. The summed E-state index contributed by atoms with van der Waals surface area (Å²) < 4.78 is 25.2. The zero-order valence-corrected chi connectivity index (χ0v) is 16.5. The number of hydrogen-bond donors (Lipinski definition) is 4. The lowest BCUT2D eigenvalue weighted by Gasteiger charge is -2.12. The van der Waals surface area contributed by atoms with Crippen LogP contribution in [0.4, 0.5) is 0 Å². The second kappa shape index (κ2) is 9.59. The van der Waals surface area contributed by atoms with Crippen LogP contribution < -0.4 is 15.4 Å². The molecule has 0 radical (unpaired) electrons. The van der Waals surface area contributed by atoms with Crippen molar-refractivity contribution in [3.63, 3.8) is 0 Å². The lowest BCUT2D eigenvalue weighted by Crippen LogP contribution is -2.39. The Hall–Kier alpha value is -2.06. The quantitative estimate of drug-likeness (QED) is 0.302. The highest BCUT2D eigenvalue weighted by molar-refractivity contribution is 7.89. The average Bonchev–Trinajstić information content (AvgIpc) is 3.01. The molecule has 1 heterocycles. The van der Waals surface area contributed by atoms with E-state index < -0.39 is 10.0 Å². The summed E-state index contributed by atoms with van der Waals surface area (Å²) >= 11 is 0. The molecule has 4 N–H and O–H groups in total. The normalized spacial score (nSPS) is 12.5. The predicted octanol–water partition coefficient (Wildman–Crippen LogP) is 1.51. The zero-order valence-electron chi connectivity index (χ0n) is 15.7. The zero-order chi connectivity index (χ0) is 19.0. The first-order valence-electron chi connectivity index (χ1n) is 8.93. The van der Waals surface area contributed by atoms with Crippen molar-refractivity contribution in [3.05, 3.63) is 35.5 Å². The molecule has 0 saturated heterocycles. The lowest BCUT2D eigenvalue weighted by atomic mass is 10.1. The Balaban J connectivity index is 1.71. The van der Waals surface area contributed by atoms with Crippen LogP contribution in [0.5, 0.6) is 0 Å². The van der Waals surface area contributed by atoms with Gasteiger partial charge in [0.25, 0.3) is 0 Å². The van der Waals surface area contributed by atoms with Gasteiger partial charge in [-0.1, -0.05) is 12.1 Å². The first-order valence-corrected chi connectivity index (χ1v) is 10.6. The van der Waals surface area contributed by atoms with Gasteiger partial charge in [0.05, 0.1) is 5.75 Å². The lowest BCUT2D eigenvalue weighted by molar-refractivity contribution is 0.579. The summed E-state index contributed by atoms with van der Waals surface area (Å²) in [5.74, 6) is 0.830. The van der Waals surface area contributed by atoms with E-state index in [2.05, 4.69) is 56.7 Å². The van der Waals surface area contributed by atoms with Gasteiger partial charge >= 0.3 is 0 Å². The molecule has 0 aliphatic carbocycles. The van der Waals surface area contributed by atoms with Gasteiger partial charge < -0.3 is 15.6 Å². The van der Waals surface area contributed by atoms with Crippen LogP contribution in [0.15, 0.2) is 29.4 Å². The van der Waals surface area contributed by atoms with E-state index in [0.29, 0.717) is 19.5 Å². The molecular weight excluding hydrogens is 350 g/mol. The molecular formula is C18H29N5O2S. The maximum Gasteiger partial charge on any atom is 0.211 e. The third kappa shape index (κ3) is 6.03. The van der Waals surface area contributed by atoms with Gasteiger partial charge in [-0.05, 0) is 43.9 Å². The van der Waals surface area contributed by atoms with Crippen molar-refractivity contribution in [2.45, 2.75) is 26.7 Å². The fourth-order valence-corrected chi connectivity index (χ4v) is 3.33. The topological polar surface area (TPSA) is 98.4 Å². The third-order valence-corrected chi connectivity index (χ3v) is 5.59. The molecule has 0 amide bonds. The fraction of sp³-hybridized carbons (Fsp3) is 0.500. The molecule has 8 heteroatoms. The number of aliphatic imine (C=N–C) groups is 1. The predicted molar refractivity (Wildman–Crippen MR) is 108 cm³/mol. The average molecular weight is 380 g/mol. The van der Waals surface area contributed by atoms with Crippen molar-refractivity contribution >= 4 is 26.9 Å². The summed E-state index contributed by atoms with van der Waals surface area (Å²) in [4.78, 5) is 7.51. The Kier molecular flexibility index (Phi) is 7.47. The number of nitrogens with one attached hydrogen (secondary N) is 4. The molecule has 0 aliphatic rings. The summed E-state index contributed by atoms with van der Waals surface area (Å²) in [7, 11) is -1.39. The second-order valence-electron chi connectivity index (χ2n) is 6.19. The Bertz CT molecular complexity index is 842. The highest BCUT2D eigenvalue weighted by Gasteiger charge is 2.06. The van der Waals surface area contributed by atoms with Gasteiger partial charge in [0.2, 0.25) is 10.0 Å². The molecule has 0 atom stereocenters. The molecule has 144 valence electrons. The fourth-order valence-electron chi connectivity index (χ4n) is 2.67. The van der Waals surface area contributed by atoms with E-state index in [1.807, 2.05) is 0 Å². The van der Waals surface area contributed by atoms with Gasteiger partial charge in [-0.2, -0.15) is 0 Å². The maximum atomic E-state index is 11.3. The van der Waals surface area contributed by atoms with Crippen molar-refractivity contribution < 1.29 is 8.42 Å². The second-order valence-corrected chi connectivity index (χ2v) is 8.29. The standard InChI is InChI=1S/C18H29N5O2S/c1-4-26(24,25)23-10-5-9-20-18(19-3)21-11-8-15-13-22-17-12-14(2)6-7-16(15)17/h6-7,12-13,22-23H,4-5,8-11H2,1-3H3,(H2,19,20,21). The van der Waals surface area contributed by atoms with Gasteiger partial charge in [0, 0.05) is 43.8 Å². The number of guanidine groups is 1. The van der Waals surface area contributed by atoms with Crippen LogP contribution in [0, 0.1) is 6.92 Å². The van der Waals surface area contributed by atoms with Gasteiger partial charge in [0.1, 0.15) is 0 Å². The Morgan fingerprint density at radius 2 is 1.96 bits per heavy atom. The third-order valence-electron chi connectivity index (χ3n) is 4.18. The largest absolute Gasteiger partial charge is 0.361 e. The van der Waals surface area contributed by atoms with E-state index >= 15 is 0 Å². The summed E-state index contributed by atoms with van der Waals surface area (Å²) in [6, 6.07) is 6.43. The van der Waals surface area contributed by atoms with Gasteiger partial charge in [-0.15, -0.1) is 0 Å². The minimum atomic E-state index is -3.11. The summed E-state index contributed by atoms with van der Waals surface area (Å²) in [6.07, 6.45) is 3.64. The first-order chi connectivity index (χ1) is 12.4. The minimum absolute atomic E-state index is 0.108. The van der Waals surface area contributed by atoms with Crippen LogP contribution in [-0.2, 0) is 16.4 Å². The van der Waals surface area contributed by atoms with E-state index in [4.69, 9.17) is 0 Å². The molecule has 2 rings (SSSR count). The van der Waals surface area contributed by atoms with Crippen molar-refractivity contribution in [2.24, 2.45) is 4.99 Å². The van der Waals surface area contributed by atoms with E-state index in [9.17, 15) is 8.42 Å². The Morgan fingerprint density at radius 3 is 2.69 bits per heavy atom. The molecule has 0 bridgehead atoms. The Labute approximate surface area is 155 Å². The number of aromatic amines is 1. The molecule has 1 aromatic heterocycles. The highest BCUT2D eigenvalue weighted by atomic mass is 32.2. The monoisotopic (exact) mass is 379 g/mol. The molecule has 7 nitrogen and oxygen atoms in total. The van der Waals surface area contributed by atoms with E-state index in [0.717, 1.165) is 24.4 Å². The molecule has 26 heavy (non-hydrogen) atoms. The van der Waals surface area contributed by atoms with Crippen LogP contribution in [0.2, 0.25) is 0 Å². The molecule has 0 saturated carbocycles. The number of aryl methyl sites for hydroxylation is 1. The molecule has 0 aliphatic heterocycles. The minimum Gasteiger partial charge on any atom is -0.361 e. The van der Waals surface area contributed by atoms with E-state index in [-0.39, 0.29) is 5.75 Å². The van der Waals surface area contributed by atoms with Gasteiger partial charge in [-0.25, -0.2) is 13.1 Å². The van der Waals surface area contributed by atoms with Crippen LogP contribution >= 0.6 is 0 Å². The van der Waals surface area contributed by atoms with Crippen LogP contribution in [0.3, 0.4) is 0 Å². The summed E-state index contributed by atoms with van der Waals surface area (Å²) in [5, 5.41) is 7.74. The number of nitrogens with zero attached hydrogens (tertiary/aromatic N) is 1. The SMILES string of the molecule is CCS(=O)(=O)NCCCNC(=NC)NCCc1c[nH]c2cc(C)ccc12. The number of fused-ring (bicyclic) bond motifs is 1. The molecule has 0 spiro atoms. The van der Waals surface area contributed by atoms with Crippen LogP contribution in [0.25, 0.3) is 10.9 Å². The molecule has 0 unspecified atom stereocenters. The van der Waals surface area contributed by atoms with E-state index in [1.54, 1.807) is 14.0 Å². The maximum absolute atomic E-state index is 11.3. The van der Waals surface area contributed by atoms with Gasteiger partial charge in [-0.3, -0.25) is 4.99 Å². The number of benzene rings is 1. The number of hydrogen-bond acceptors (Lipinski definition) is 3. The Morgan fingerprint density at radius 1 is 1.19 bits per heavy atom. The van der Waals surface area contributed by atoms with Crippen LogP contribution in [0.1, 0.15) is 24.5 Å². The highest BCUT2D eigenvalue weighted by Crippen LogP contribution is 2.19. The number of H-pyrrole nitrogens is 1. The summed E-state index contributed by atoms with van der Waals surface area (Å²) in [5.41, 5.74) is 3.68. The number of rotatable bonds is 9. The number of aromatic nitrogens is 1. The molecule has 0 fully saturated rings. The molecule has 2 aromatic rings. The van der Waals surface area contributed by atoms with Crippen molar-refractivity contribution in [2.75, 3.05) is 32.4 Å². The van der Waals surface area contributed by atoms with Crippen molar-refractivity contribution in [1.82, 2.24) is 20.3 Å². The van der Waals surface area contributed by atoms with Crippen molar-refractivity contribution in [3.8, 4) is 0 Å². The van der Waals surface area contributed by atoms with Gasteiger partial charge in [0.15, 0.2) is 5.96 Å². The van der Waals surface area contributed by atoms with Crippen LogP contribution in [-0.4, -0.2) is 51.8 Å². The van der Waals surface area contributed by atoms with E-state index in [1.165, 1.54) is 16.5 Å². The smallest absolute Gasteiger partial charge is 0.211 e.